The van der Waals surface area contributed by atoms with E-state index in [2.05, 4.69) is 15.5 Å². The van der Waals surface area contributed by atoms with Gasteiger partial charge in [0.05, 0.1) is 0 Å². The van der Waals surface area contributed by atoms with Gasteiger partial charge in [0.1, 0.15) is 0 Å². The lowest BCUT2D eigenvalue weighted by Gasteiger charge is -2.27. The maximum absolute atomic E-state index is 14.0. The van der Waals surface area contributed by atoms with E-state index in [0.717, 1.165) is 45.6 Å². The van der Waals surface area contributed by atoms with E-state index in [1.165, 1.54) is 24.3 Å². The lowest BCUT2D eigenvalue weighted by Crippen LogP contribution is -2.43. The second-order valence-electron chi connectivity index (χ2n) is 5.99. The summed E-state index contributed by atoms with van der Waals surface area (Å²) in [6.45, 7) is 5.46. The second-order valence-corrected chi connectivity index (χ2v) is 6.43. The molecule has 0 spiro atoms. The van der Waals surface area contributed by atoms with Gasteiger partial charge in [-0.15, -0.1) is 0 Å². The number of carbonyl (C=O) groups excluding carboxylic acids is 1. The highest BCUT2D eigenvalue weighted by molar-refractivity contribution is 6.30. The predicted octanol–water partition coefficient (Wildman–Crippen LogP) is 2.62. The van der Waals surface area contributed by atoms with Crippen molar-refractivity contribution >= 4 is 17.5 Å². The summed E-state index contributed by atoms with van der Waals surface area (Å²) >= 11 is 5.68. The van der Waals surface area contributed by atoms with Crippen molar-refractivity contribution < 1.29 is 13.6 Å². The van der Waals surface area contributed by atoms with Crippen LogP contribution in [0.1, 0.15) is 24.8 Å². The van der Waals surface area contributed by atoms with E-state index in [1.807, 2.05) is 0 Å². The van der Waals surface area contributed by atoms with Gasteiger partial charge in [0.25, 0.3) is 5.91 Å². The van der Waals surface area contributed by atoms with Crippen LogP contribution in [0.4, 0.5) is 8.78 Å². The zero-order valence-electron chi connectivity index (χ0n) is 13.7. The van der Waals surface area contributed by atoms with Crippen LogP contribution in [0.3, 0.4) is 0 Å². The van der Waals surface area contributed by atoms with Gasteiger partial charge >= 0.3 is 5.92 Å². The molecule has 1 saturated heterocycles. The van der Waals surface area contributed by atoms with Crippen LogP contribution in [-0.2, 0) is 10.7 Å². The molecule has 0 radical (unpaired) electrons. The van der Waals surface area contributed by atoms with Crippen LogP contribution < -0.4 is 10.6 Å². The van der Waals surface area contributed by atoms with Gasteiger partial charge in [-0.2, -0.15) is 8.78 Å². The Morgan fingerprint density at radius 3 is 2.50 bits per heavy atom. The SMILES string of the molecule is O=C(NCCCCCN1CCNCC1)C(F)(F)c1ccc(Cl)cc1. The van der Waals surface area contributed by atoms with Crippen LogP contribution in [0.5, 0.6) is 0 Å². The largest absolute Gasteiger partial charge is 0.351 e. The Bertz CT molecular complexity index is 519. The second kappa shape index (κ2) is 9.30. The highest BCUT2D eigenvalue weighted by Gasteiger charge is 2.40. The highest BCUT2D eigenvalue weighted by Crippen LogP contribution is 2.29. The fourth-order valence-corrected chi connectivity index (χ4v) is 2.80. The van der Waals surface area contributed by atoms with E-state index in [0.29, 0.717) is 11.4 Å². The van der Waals surface area contributed by atoms with Crippen LogP contribution in [0.2, 0.25) is 5.02 Å². The minimum absolute atomic E-state index is 0.267. The Labute approximate surface area is 146 Å². The van der Waals surface area contributed by atoms with Gasteiger partial charge in [-0.05, 0) is 31.5 Å². The summed E-state index contributed by atoms with van der Waals surface area (Å²) in [6.07, 6.45) is 2.63. The first kappa shape index (κ1) is 19.1. The third-order valence-corrected chi connectivity index (χ3v) is 4.39. The average molecular weight is 360 g/mol. The molecule has 0 saturated carbocycles. The minimum Gasteiger partial charge on any atom is -0.351 e. The van der Waals surface area contributed by atoms with Gasteiger partial charge in [-0.1, -0.05) is 30.2 Å². The van der Waals surface area contributed by atoms with Crippen molar-refractivity contribution in [1.82, 2.24) is 15.5 Å². The quantitative estimate of drug-likeness (QED) is 0.701. The third-order valence-electron chi connectivity index (χ3n) is 4.14. The highest BCUT2D eigenvalue weighted by atomic mass is 35.5. The number of nitrogens with one attached hydrogen (secondary N) is 2. The molecule has 134 valence electrons. The van der Waals surface area contributed by atoms with Crippen molar-refractivity contribution in [3.63, 3.8) is 0 Å². The Morgan fingerprint density at radius 1 is 1.17 bits per heavy atom. The lowest BCUT2D eigenvalue weighted by atomic mass is 10.1. The first-order valence-electron chi connectivity index (χ1n) is 8.35. The molecule has 0 atom stereocenters. The molecule has 0 aromatic heterocycles. The van der Waals surface area contributed by atoms with Crippen molar-refractivity contribution in [2.75, 3.05) is 39.3 Å². The topological polar surface area (TPSA) is 44.4 Å². The number of rotatable bonds is 8. The molecule has 0 aliphatic carbocycles. The van der Waals surface area contributed by atoms with Crippen LogP contribution in [0.15, 0.2) is 24.3 Å². The van der Waals surface area contributed by atoms with E-state index in [-0.39, 0.29) is 12.1 Å². The van der Waals surface area contributed by atoms with Gasteiger partial charge in [0.15, 0.2) is 0 Å². The number of nitrogens with zero attached hydrogens (tertiary/aromatic N) is 1. The fraction of sp³-hybridized carbons (Fsp3) is 0.588. The smallest absolute Gasteiger partial charge is 0.349 e. The van der Waals surface area contributed by atoms with Crippen LogP contribution >= 0.6 is 11.6 Å². The summed E-state index contributed by atoms with van der Waals surface area (Å²) in [6, 6.07) is 5.06. The van der Waals surface area contributed by atoms with E-state index in [4.69, 9.17) is 11.6 Å². The first-order valence-corrected chi connectivity index (χ1v) is 8.73. The maximum atomic E-state index is 14.0. The Morgan fingerprint density at radius 2 is 1.83 bits per heavy atom. The van der Waals surface area contributed by atoms with E-state index in [1.54, 1.807) is 0 Å². The van der Waals surface area contributed by atoms with E-state index >= 15 is 0 Å². The van der Waals surface area contributed by atoms with Crippen molar-refractivity contribution in [1.29, 1.82) is 0 Å². The number of hydrogen-bond acceptors (Lipinski definition) is 3. The van der Waals surface area contributed by atoms with Gasteiger partial charge in [-0.25, -0.2) is 0 Å². The number of carbonyl (C=O) groups is 1. The third kappa shape index (κ3) is 5.69. The molecular weight excluding hydrogens is 336 g/mol. The molecule has 0 unspecified atom stereocenters. The van der Waals surface area contributed by atoms with Gasteiger partial charge in [0, 0.05) is 43.3 Å². The number of halogens is 3. The number of alkyl halides is 2. The van der Waals surface area contributed by atoms with Gasteiger partial charge in [0.2, 0.25) is 0 Å². The summed E-state index contributed by atoms with van der Waals surface area (Å²) in [5.41, 5.74) is -0.344. The molecule has 1 heterocycles. The lowest BCUT2D eigenvalue weighted by molar-refractivity contribution is -0.147. The van der Waals surface area contributed by atoms with Crippen LogP contribution in [0.25, 0.3) is 0 Å². The average Bonchev–Trinajstić information content (AvgIpc) is 2.59. The molecule has 4 nitrogen and oxygen atoms in total. The monoisotopic (exact) mass is 359 g/mol. The van der Waals surface area contributed by atoms with Crippen molar-refractivity contribution in [3.05, 3.63) is 34.9 Å². The Hall–Kier alpha value is -1.24. The molecule has 24 heavy (non-hydrogen) atoms. The Kier molecular flexibility index (Phi) is 7.40. The Balaban J connectivity index is 1.64. The van der Waals surface area contributed by atoms with Crippen molar-refractivity contribution in [2.45, 2.75) is 25.2 Å². The molecule has 1 aromatic rings. The molecular formula is C17H24ClF2N3O. The molecule has 2 N–H and O–H groups in total. The molecule has 2 rings (SSSR count). The predicted molar refractivity (Wildman–Crippen MR) is 91.5 cm³/mol. The zero-order valence-corrected chi connectivity index (χ0v) is 14.4. The molecule has 1 aromatic carbocycles. The molecule has 1 aliphatic heterocycles. The summed E-state index contributed by atoms with van der Waals surface area (Å²) in [4.78, 5) is 14.1. The molecule has 0 bridgehead atoms. The zero-order chi connectivity index (χ0) is 17.4. The molecule has 1 fully saturated rings. The minimum atomic E-state index is -3.54. The van der Waals surface area contributed by atoms with Crippen molar-refractivity contribution in [3.8, 4) is 0 Å². The summed E-state index contributed by atoms with van der Waals surface area (Å²) < 4.78 is 28.1. The van der Waals surface area contributed by atoms with E-state index < -0.39 is 11.8 Å². The number of amides is 1. The van der Waals surface area contributed by atoms with Gasteiger partial charge < -0.3 is 15.5 Å². The number of unbranched alkanes of at least 4 members (excludes halogenated alkanes) is 2. The summed E-state index contributed by atoms with van der Waals surface area (Å²) in [5.74, 6) is -4.79. The fourth-order valence-electron chi connectivity index (χ4n) is 2.68. The first-order chi connectivity index (χ1) is 11.5. The summed E-state index contributed by atoms with van der Waals surface area (Å²) in [7, 11) is 0. The van der Waals surface area contributed by atoms with Crippen LogP contribution in [0, 0.1) is 0 Å². The summed E-state index contributed by atoms with van der Waals surface area (Å²) in [5, 5.41) is 5.99. The maximum Gasteiger partial charge on any atom is 0.349 e. The molecule has 1 amide bonds. The van der Waals surface area contributed by atoms with Crippen LogP contribution in [-0.4, -0.2) is 50.1 Å². The number of hydrogen-bond donors (Lipinski definition) is 2. The normalized spacial score (nSPS) is 16.1. The van der Waals surface area contributed by atoms with Gasteiger partial charge in [-0.3, -0.25) is 4.79 Å². The molecule has 1 aliphatic rings. The number of piperazine rings is 1. The van der Waals surface area contributed by atoms with E-state index in [9.17, 15) is 13.6 Å². The molecule has 7 heteroatoms. The number of benzene rings is 1. The standard InChI is InChI=1S/C17H24ClF2N3O/c18-15-6-4-14(5-7-15)17(19,20)16(24)22-8-2-1-3-11-23-12-9-21-10-13-23/h4-7,21H,1-3,8-13H2,(H,22,24). The van der Waals surface area contributed by atoms with Crippen molar-refractivity contribution in [2.24, 2.45) is 0 Å².